The summed E-state index contributed by atoms with van der Waals surface area (Å²) in [6, 6.07) is 5.48. The van der Waals surface area contributed by atoms with E-state index in [2.05, 4.69) is 15.7 Å². The number of halogens is 1. The Kier molecular flexibility index (Phi) is 4.18. The number of amides is 1. The molecule has 0 saturated carbocycles. The topological polar surface area (TPSA) is 59.0 Å². The lowest BCUT2D eigenvalue weighted by molar-refractivity contribution is -0.119. The first-order chi connectivity index (χ1) is 10.5. The van der Waals surface area contributed by atoms with Gasteiger partial charge < -0.3 is 10.6 Å². The van der Waals surface area contributed by atoms with Crippen molar-refractivity contribution in [1.82, 2.24) is 15.1 Å². The Labute approximate surface area is 134 Å². The molecule has 1 aromatic heterocycles. The van der Waals surface area contributed by atoms with Crippen molar-refractivity contribution in [2.75, 3.05) is 18.4 Å². The third kappa shape index (κ3) is 3.00. The van der Waals surface area contributed by atoms with E-state index >= 15 is 0 Å². The van der Waals surface area contributed by atoms with Crippen LogP contribution >= 0.6 is 11.6 Å². The average molecular weight is 319 g/mol. The summed E-state index contributed by atoms with van der Waals surface area (Å²) >= 11 is 5.95. The van der Waals surface area contributed by atoms with E-state index in [4.69, 9.17) is 11.6 Å². The molecule has 0 spiro atoms. The quantitative estimate of drug-likeness (QED) is 0.913. The third-order valence-corrected chi connectivity index (χ3v) is 4.39. The second-order valence-electron chi connectivity index (χ2n) is 5.77. The number of nitrogens with zero attached hydrogens (tertiary/aromatic N) is 2. The van der Waals surface area contributed by atoms with Crippen LogP contribution in [0.1, 0.15) is 17.0 Å². The van der Waals surface area contributed by atoms with Gasteiger partial charge >= 0.3 is 0 Å². The van der Waals surface area contributed by atoms with Crippen LogP contribution in [0.4, 0.5) is 5.69 Å². The zero-order valence-electron chi connectivity index (χ0n) is 12.6. The number of nitrogens with one attached hydrogen (secondary N) is 2. The van der Waals surface area contributed by atoms with Crippen molar-refractivity contribution < 1.29 is 4.79 Å². The maximum atomic E-state index is 12.6. The van der Waals surface area contributed by atoms with Crippen LogP contribution in [0.25, 0.3) is 0 Å². The summed E-state index contributed by atoms with van der Waals surface area (Å²) in [5.41, 5.74) is 2.87. The van der Waals surface area contributed by atoms with Gasteiger partial charge in [-0.3, -0.25) is 9.48 Å². The molecule has 1 saturated heterocycles. The second kappa shape index (κ2) is 6.10. The molecule has 116 valence electrons. The summed E-state index contributed by atoms with van der Waals surface area (Å²) in [6.07, 6.45) is 3.82. The van der Waals surface area contributed by atoms with E-state index in [1.807, 2.05) is 38.5 Å². The number of rotatable bonds is 3. The van der Waals surface area contributed by atoms with E-state index in [0.29, 0.717) is 11.6 Å². The van der Waals surface area contributed by atoms with Crippen LogP contribution in [0, 0.1) is 12.8 Å². The molecular formula is C16H19ClN4O. The maximum absolute atomic E-state index is 12.6. The monoisotopic (exact) mass is 318 g/mol. The second-order valence-corrected chi connectivity index (χ2v) is 6.20. The zero-order chi connectivity index (χ0) is 15.7. The molecule has 6 heteroatoms. The fraction of sp³-hybridized carbons (Fsp3) is 0.375. The Hall–Kier alpha value is -1.85. The standard InChI is InChI=1S/C16H19ClN4O/c1-10-5-12(17)3-4-15(10)20-16(22)14-8-18-7-13(14)11-6-19-21(2)9-11/h3-6,9,13-14,18H,7-8H2,1-2H3,(H,20,22)/t13-,14+/m1/s1. The Balaban J connectivity index is 1.76. The summed E-state index contributed by atoms with van der Waals surface area (Å²) in [5, 5.41) is 11.2. The molecule has 5 nitrogen and oxygen atoms in total. The molecule has 2 N–H and O–H groups in total. The number of hydrogen-bond donors (Lipinski definition) is 2. The molecule has 0 radical (unpaired) electrons. The number of benzene rings is 1. The first-order valence-electron chi connectivity index (χ1n) is 7.31. The average Bonchev–Trinajstić information content (AvgIpc) is 3.10. The van der Waals surface area contributed by atoms with Crippen molar-refractivity contribution in [3.63, 3.8) is 0 Å². The SMILES string of the molecule is Cc1cc(Cl)ccc1NC(=O)[C@H]1CNC[C@@H]1c1cnn(C)c1. The van der Waals surface area contributed by atoms with Gasteiger partial charge in [-0.05, 0) is 36.2 Å². The van der Waals surface area contributed by atoms with Gasteiger partial charge in [-0.15, -0.1) is 0 Å². The molecule has 0 aliphatic carbocycles. The van der Waals surface area contributed by atoms with E-state index in [1.165, 1.54) is 0 Å². The first-order valence-corrected chi connectivity index (χ1v) is 7.68. The molecule has 1 aliphatic rings. The largest absolute Gasteiger partial charge is 0.326 e. The van der Waals surface area contributed by atoms with Gasteiger partial charge in [-0.2, -0.15) is 5.10 Å². The van der Waals surface area contributed by atoms with E-state index < -0.39 is 0 Å². The van der Waals surface area contributed by atoms with Crippen molar-refractivity contribution in [2.24, 2.45) is 13.0 Å². The highest BCUT2D eigenvalue weighted by Gasteiger charge is 2.34. The van der Waals surface area contributed by atoms with Gasteiger partial charge in [0.2, 0.25) is 5.91 Å². The van der Waals surface area contributed by atoms with Gasteiger partial charge in [-0.1, -0.05) is 11.6 Å². The fourth-order valence-corrected chi connectivity index (χ4v) is 3.16. The lowest BCUT2D eigenvalue weighted by Crippen LogP contribution is -2.28. The lowest BCUT2D eigenvalue weighted by atomic mass is 9.90. The van der Waals surface area contributed by atoms with Crippen LogP contribution in [-0.2, 0) is 11.8 Å². The van der Waals surface area contributed by atoms with Crippen molar-refractivity contribution in [3.8, 4) is 0 Å². The predicted molar refractivity (Wildman–Crippen MR) is 87.1 cm³/mol. The molecule has 3 rings (SSSR count). The molecule has 2 heterocycles. The Morgan fingerprint density at radius 2 is 2.27 bits per heavy atom. The molecule has 1 amide bonds. The smallest absolute Gasteiger partial charge is 0.229 e. The van der Waals surface area contributed by atoms with Crippen molar-refractivity contribution in [3.05, 3.63) is 46.7 Å². The number of aryl methyl sites for hydroxylation is 2. The highest BCUT2D eigenvalue weighted by molar-refractivity contribution is 6.30. The van der Waals surface area contributed by atoms with Crippen molar-refractivity contribution in [2.45, 2.75) is 12.8 Å². The van der Waals surface area contributed by atoms with Gasteiger partial charge in [0, 0.05) is 43.0 Å². The summed E-state index contributed by atoms with van der Waals surface area (Å²) in [6.45, 7) is 3.41. The number of carbonyl (C=O) groups is 1. The van der Waals surface area contributed by atoms with Gasteiger partial charge in [0.05, 0.1) is 12.1 Å². The molecule has 1 aliphatic heterocycles. The predicted octanol–water partition coefficient (Wildman–Crippen LogP) is 2.32. The maximum Gasteiger partial charge on any atom is 0.229 e. The summed E-state index contributed by atoms with van der Waals surface area (Å²) in [4.78, 5) is 12.6. The Morgan fingerprint density at radius 1 is 1.45 bits per heavy atom. The van der Waals surface area contributed by atoms with Crippen LogP contribution in [0.15, 0.2) is 30.6 Å². The number of anilines is 1. The van der Waals surface area contributed by atoms with E-state index in [9.17, 15) is 4.79 Å². The molecule has 2 atom stereocenters. The summed E-state index contributed by atoms with van der Waals surface area (Å²) in [5.74, 6) is 0.0878. The molecule has 22 heavy (non-hydrogen) atoms. The van der Waals surface area contributed by atoms with Crippen LogP contribution in [0.3, 0.4) is 0 Å². The number of aromatic nitrogens is 2. The molecule has 1 fully saturated rings. The molecule has 1 aromatic carbocycles. The molecular weight excluding hydrogens is 300 g/mol. The third-order valence-electron chi connectivity index (χ3n) is 4.15. The van der Waals surface area contributed by atoms with Crippen LogP contribution < -0.4 is 10.6 Å². The number of hydrogen-bond acceptors (Lipinski definition) is 3. The summed E-state index contributed by atoms with van der Waals surface area (Å²) in [7, 11) is 1.89. The zero-order valence-corrected chi connectivity index (χ0v) is 13.4. The first kappa shape index (κ1) is 15.1. The van der Waals surface area contributed by atoms with Gasteiger partial charge in [0.1, 0.15) is 0 Å². The minimum absolute atomic E-state index is 0.0317. The number of carbonyl (C=O) groups excluding carboxylic acids is 1. The van der Waals surface area contributed by atoms with E-state index in [0.717, 1.165) is 23.4 Å². The van der Waals surface area contributed by atoms with Crippen LogP contribution in [0.2, 0.25) is 5.02 Å². The normalized spacial score (nSPS) is 21.0. The Morgan fingerprint density at radius 3 is 2.95 bits per heavy atom. The van der Waals surface area contributed by atoms with Crippen molar-refractivity contribution >= 4 is 23.2 Å². The molecule has 0 unspecified atom stereocenters. The molecule has 2 aromatic rings. The minimum Gasteiger partial charge on any atom is -0.326 e. The van der Waals surface area contributed by atoms with Crippen LogP contribution in [0.5, 0.6) is 0 Å². The van der Waals surface area contributed by atoms with Crippen LogP contribution in [-0.4, -0.2) is 28.8 Å². The Bertz CT molecular complexity index is 697. The van der Waals surface area contributed by atoms with Gasteiger partial charge in [0.25, 0.3) is 0 Å². The van der Waals surface area contributed by atoms with Gasteiger partial charge in [-0.25, -0.2) is 0 Å². The minimum atomic E-state index is -0.0979. The lowest BCUT2D eigenvalue weighted by Gasteiger charge is -2.18. The van der Waals surface area contributed by atoms with E-state index in [-0.39, 0.29) is 17.7 Å². The van der Waals surface area contributed by atoms with Gasteiger partial charge in [0.15, 0.2) is 0 Å². The summed E-state index contributed by atoms with van der Waals surface area (Å²) < 4.78 is 1.77. The molecule has 0 bridgehead atoms. The van der Waals surface area contributed by atoms with Crippen molar-refractivity contribution in [1.29, 1.82) is 0 Å². The highest BCUT2D eigenvalue weighted by atomic mass is 35.5. The fourth-order valence-electron chi connectivity index (χ4n) is 2.93. The van der Waals surface area contributed by atoms with E-state index in [1.54, 1.807) is 10.7 Å². The highest BCUT2D eigenvalue weighted by Crippen LogP contribution is 2.29.